The number of para-hydroxylation sites is 2. The Balaban J connectivity index is 2.05. The number of anilines is 1. The predicted octanol–water partition coefficient (Wildman–Crippen LogP) is 2.26. The van der Waals surface area contributed by atoms with Crippen LogP contribution < -0.4 is 10.3 Å². The number of carboxylic acid groups (broad SMARTS) is 1. The Morgan fingerprint density at radius 1 is 1.16 bits per heavy atom. The lowest BCUT2D eigenvalue weighted by Gasteiger charge is -2.38. The summed E-state index contributed by atoms with van der Waals surface area (Å²) in [5, 5.41) is 22.9. The molecule has 1 aliphatic heterocycles. The number of carbonyl (C=O) groups is 1. The minimum atomic E-state index is -1.47. The van der Waals surface area contributed by atoms with Crippen LogP contribution in [0.25, 0.3) is 5.69 Å². The minimum absolute atomic E-state index is 0.301. The lowest BCUT2D eigenvalue weighted by Crippen LogP contribution is -2.37. The second kappa shape index (κ2) is 6.23. The Morgan fingerprint density at radius 3 is 2.36 bits per heavy atom. The molecule has 2 heterocycles. The highest BCUT2D eigenvalue weighted by Crippen LogP contribution is 2.34. The van der Waals surface area contributed by atoms with Crippen molar-refractivity contribution in [1.82, 2.24) is 9.78 Å². The van der Waals surface area contributed by atoms with Gasteiger partial charge in [-0.15, -0.1) is 0 Å². The molecule has 132 valence electrons. The van der Waals surface area contributed by atoms with Gasteiger partial charge < -0.3 is 15.1 Å². The molecule has 0 bridgehead atoms. The largest absolute Gasteiger partial charge is 0.503 e. The Kier molecular flexibility index (Phi) is 4.24. The highest BCUT2D eigenvalue weighted by atomic mass is 16.4. The van der Waals surface area contributed by atoms with Gasteiger partial charge >= 0.3 is 5.97 Å². The number of aromatic carboxylic acids is 1. The summed E-state index contributed by atoms with van der Waals surface area (Å²) in [5.74, 6) is -2.10. The van der Waals surface area contributed by atoms with Crippen LogP contribution in [0.1, 0.15) is 37.2 Å². The summed E-state index contributed by atoms with van der Waals surface area (Å²) in [5.41, 5.74) is 0.135. The lowest BCUT2D eigenvalue weighted by atomic mass is 9.82. The van der Waals surface area contributed by atoms with Gasteiger partial charge in [-0.1, -0.05) is 26.0 Å². The van der Waals surface area contributed by atoms with Crippen LogP contribution in [-0.4, -0.2) is 39.1 Å². The summed E-state index contributed by atoms with van der Waals surface area (Å²) in [6, 6.07) is 7.44. The van der Waals surface area contributed by atoms with Crippen LogP contribution in [0.4, 0.5) is 5.69 Å². The first kappa shape index (κ1) is 17.0. The van der Waals surface area contributed by atoms with Gasteiger partial charge in [-0.25, -0.2) is 9.48 Å². The summed E-state index contributed by atoms with van der Waals surface area (Å²) >= 11 is 0. The van der Waals surface area contributed by atoms with Crippen molar-refractivity contribution < 1.29 is 15.0 Å². The molecule has 0 radical (unpaired) electrons. The molecule has 0 unspecified atom stereocenters. The van der Waals surface area contributed by atoms with Crippen LogP contribution in [0.2, 0.25) is 0 Å². The number of aromatic nitrogens is 2. The molecule has 1 fully saturated rings. The van der Waals surface area contributed by atoms with Crippen molar-refractivity contribution in [2.24, 2.45) is 5.41 Å². The van der Waals surface area contributed by atoms with Gasteiger partial charge in [-0.3, -0.25) is 4.79 Å². The van der Waals surface area contributed by atoms with Gasteiger partial charge in [0.2, 0.25) is 5.69 Å². The molecule has 2 aromatic rings. The van der Waals surface area contributed by atoms with E-state index in [0.717, 1.165) is 37.8 Å². The van der Waals surface area contributed by atoms with E-state index in [2.05, 4.69) is 23.8 Å². The highest BCUT2D eigenvalue weighted by molar-refractivity contribution is 5.85. The number of hydrogen-bond acceptors (Lipinski definition) is 5. The average molecular weight is 343 g/mol. The van der Waals surface area contributed by atoms with Gasteiger partial charge in [-0.2, -0.15) is 5.10 Å². The second-order valence-electron chi connectivity index (χ2n) is 7.08. The SMILES string of the molecule is CC1(C)CCN(c2ccccc2-n2cc(O)c(=O)c(C(=O)O)n2)CC1. The van der Waals surface area contributed by atoms with E-state index < -0.39 is 22.8 Å². The van der Waals surface area contributed by atoms with Crippen LogP contribution in [-0.2, 0) is 0 Å². The van der Waals surface area contributed by atoms with E-state index in [9.17, 15) is 14.7 Å². The van der Waals surface area contributed by atoms with Crippen molar-refractivity contribution in [3.8, 4) is 11.4 Å². The molecule has 0 aliphatic carbocycles. The molecule has 0 saturated carbocycles. The van der Waals surface area contributed by atoms with Crippen LogP contribution in [0.15, 0.2) is 35.3 Å². The summed E-state index contributed by atoms with van der Waals surface area (Å²) in [6.07, 6.45) is 3.25. The summed E-state index contributed by atoms with van der Waals surface area (Å²) in [4.78, 5) is 25.2. The number of benzene rings is 1. The number of nitrogens with zero attached hydrogens (tertiary/aromatic N) is 3. The molecule has 0 spiro atoms. The van der Waals surface area contributed by atoms with Gasteiger partial charge in [-0.05, 0) is 30.4 Å². The Morgan fingerprint density at radius 2 is 1.76 bits per heavy atom. The molecule has 1 aromatic heterocycles. The first-order valence-corrected chi connectivity index (χ1v) is 8.19. The van der Waals surface area contributed by atoms with E-state index in [4.69, 9.17) is 5.11 Å². The maximum Gasteiger partial charge on any atom is 0.360 e. The lowest BCUT2D eigenvalue weighted by molar-refractivity contribution is 0.0686. The van der Waals surface area contributed by atoms with E-state index in [-0.39, 0.29) is 0 Å². The topological polar surface area (TPSA) is 95.7 Å². The summed E-state index contributed by atoms with van der Waals surface area (Å²) in [6.45, 7) is 6.25. The van der Waals surface area contributed by atoms with Crippen molar-refractivity contribution in [3.05, 3.63) is 46.4 Å². The maximum absolute atomic E-state index is 11.7. The highest BCUT2D eigenvalue weighted by Gasteiger charge is 2.27. The number of piperidine rings is 1. The van der Waals surface area contributed by atoms with Crippen molar-refractivity contribution >= 4 is 11.7 Å². The molecule has 1 aliphatic rings. The Bertz CT molecular complexity index is 863. The molecule has 1 aromatic carbocycles. The molecule has 7 heteroatoms. The monoisotopic (exact) mass is 343 g/mol. The van der Waals surface area contributed by atoms with Crippen LogP contribution in [0.5, 0.6) is 5.75 Å². The minimum Gasteiger partial charge on any atom is -0.503 e. The van der Waals surface area contributed by atoms with E-state index in [1.165, 1.54) is 4.68 Å². The van der Waals surface area contributed by atoms with Gasteiger partial charge in [0.1, 0.15) is 0 Å². The fourth-order valence-corrected chi connectivity index (χ4v) is 3.02. The normalized spacial score (nSPS) is 16.6. The van der Waals surface area contributed by atoms with Crippen LogP contribution in [0.3, 0.4) is 0 Å². The molecular weight excluding hydrogens is 322 g/mol. The molecule has 0 atom stereocenters. The third-order valence-corrected chi connectivity index (χ3v) is 4.69. The fourth-order valence-electron chi connectivity index (χ4n) is 3.02. The third-order valence-electron chi connectivity index (χ3n) is 4.69. The van der Waals surface area contributed by atoms with Crippen molar-refractivity contribution in [2.75, 3.05) is 18.0 Å². The zero-order valence-corrected chi connectivity index (χ0v) is 14.3. The van der Waals surface area contributed by atoms with Gasteiger partial charge in [0.05, 0.1) is 17.6 Å². The van der Waals surface area contributed by atoms with Crippen LogP contribution >= 0.6 is 0 Å². The molecule has 1 saturated heterocycles. The average Bonchev–Trinajstić information content (AvgIpc) is 2.57. The smallest absolute Gasteiger partial charge is 0.360 e. The quantitative estimate of drug-likeness (QED) is 0.887. The number of aromatic hydroxyl groups is 1. The summed E-state index contributed by atoms with van der Waals surface area (Å²) in [7, 11) is 0. The molecule has 25 heavy (non-hydrogen) atoms. The molecule has 3 rings (SSSR count). The fraction of sp³-hybridized carbons (Fsp3) is 0.389. The van der Waals surface area contributed by atoms with E-state index >= 15 is 0 Å². The van der Waals surface area contributed by atoms with E-state index in [1.54, 1.807) is 6.07 Å². The molecule has 2 N–H and O–H groups in total. The zero-order valence-electron chi connectivity index (χ0n) is 14.3. The Labute approximate surface area is 145 Å². The molecule has 7 nitrogen and oxygen atoms in total. The van der Waals surface area contributed by atoms with E-state index in [0.29, 0.717) is 11.1 Å². The predicted molar refractivity (Wildman–Crippen MR) is 93.7 cm³/mol. The first-order valence-electron chi connectivity index (χ1n) is 8.19. The van der Waals surface area contributed by atoms with Crippen molar-refractivity contribution in [2.45, 2.75) is 26.7 Å². The maximum atomic E-state index is 11.7. The van der Waals surface area contributed by atoms with Gasteiger partial charge in [0.25, 0.3) is 5.43 Å². The zero-order chi connectivity index (χ0) is 18.2. The van der Waals surface area contributed by atoms with Gasteiger partial charge in [0.15, 0.2) is 5.75 Å². The van der Waals surface area contributed by atoms with Gasteiger partial charge in [0, 0.05) is 13.1 Å². The second-order valence-corrected chi connectivity index (χ2v) is 7.08. The standard InChI is InChI=1S/C18H21N3O4/c1-18(2)7-9-20(10-8-18)12-5-3-4-6-13(12)21-11-14(22)16(23)15(19-21)17(24)25/h3-6,11,22H,7-10H2,1-2H3,(H,24,25). The molecular formula is C18H21N3O4. The Hall–Kier alpha value is -2.83. The third kappa shape index (κ3) is 3.35. The number of hydrogen-bond donors (Lipinski definition) is 2. The van der Waals surface area contributed by atoms with Crippen LogP contribution in [0, 0.1) is 5.41 Å². The number of carboxylic acids is 1. The van der Waals surface area contributed by atoms with Crippen molar-refractivity contribution in [3.63, 3.8) is 0 Å². The van der Waals surface area contributed by atoms with Crippen molar-refractivity contribution in [1.29, 1.82) is 0 Å². The summed E-state index contributed by atoms with van der Waals surface area (Å²) < 4.78 is 1.26. The van der Waals surface area contributed by atoms with E-state index in [1.807, 2.05) is 18.2 Å². The first-order chi connectivity index (χ1) is 11.8. The number of rotatable bonds is 3. The molecule has 0 amide bonds.